The van der Waals surface area contributed by atoms with Crippen LogP contribution in [0.5, 0.6) is 0 Å². The summed E-state index contributed by atoms with van der Waals surface area (Å²) in [6, 6.07) is 13.5. The van der Waals surface area contributed by atoms with Crippen LogP contribution in [0.25, 0.3) is 5.82 Å². The van der Waals surface area contributed by atoms with Gasteiger partial charge in [0.1, 0.15) is 5.82 Å². The van der Waals surface area contributed by atoms with Crippen molar-refractivity contribution in [3.05, 3.63) is 77.5 Å². The molecule has 0 unspecified atom stereocenters. The van der Waals surface area contributed by atoms with E-state index in [1.54, 1.807) is 12.4 Å². The first-order chi connectivity index (χ1) is 13.7. The zero-order valence-corrected chi connectivity index (χ0v) is 16.6. The molecule has 0 bridgehead atoms. The highest BCUT2D eigenvalue weighted by Gasteiger charge is 2.40. The molecule has 4 heterocycles. The number of pyridine rings is 2. The summed E-state index contributed by atoms with van der Waals surface area (Å²) in [4.78, 5) is 11.1. The highest BCUT2D eigenvalue weighted by Crippen LogP contribution is 2.39. The fraction of sp³-hybridized carbons (Fsp3) is 0.250. The van der Waals surface area contributed by atoms with E-state index in [1.165, 1.54) is 0 Å². The maximum Gasteiger partial charge on any atom is 0.170 e. The molecule has 2 N–H and O–H groups in total. The van der Waals surface area contributed by atoms with Gasteiger partial charge in [-0.05, 0) is 55.0 Å². The van der Waals surface area contributed by atoms with Gasteiger partial charge in [0, 0.05) is 37.4 Å². The fourth-order valence-electron chi connectivity index (χ4n) is 3.56. The molecule has 144 valence electrons. The number of rotatable bonds is 6. The number of halogens is 1. The van der Waals surface area contributed by atoms with Crippen molar-refractivity contribution in [3.8, 4) is 5.82 Å². The molecule has 6 nitrogen and oxygen atoms in total. The van der Waals surface area contributed by atoms with Gasteiger partial charge >= 0.3 is 0 Å². The van der Waals surface area contributed by atoms with Crippen LogP contribution >= 0.6 is 23.8 Å². The summed E-state index contributed by atoms with van der Waals surface area (Å²) >= 11 is 11.6. The SMILES string of the molecule is OCCCN1C(=S)N[C@H](c2ccccn2)[C@@H]1c1cccn1-c1ccc(Cl)cn1. The standard InChI is InChI=1S/C20H20ClN5OS/c21-14-7-8-17(23-13-14)25-10-3-6-16(25)19-18(15-5-1-2-9-22-15)24-20(28)26(19)11-4-12-27/h1-3,5-10,13,18-19,27H,4,11-12H2,(H,24,28)/t18-,19+/m1/s1. The zero-order valence-electron chi connectivity index (χ0n) is 15.1. The monoisotopic (exact) mass is 413 g/mol. The Morgan fingerprint density at radius 3 is 2.75 bits per heavy atom. The lowest BCUT2D eigenvalue weighted by Crippen LogP contribution is -2.31. The predicted molar refractivity (Wildman–Crippen MR) is 112 cm³/mol. The normalized spacial score (nSPS) is 19.1. The van der Waals surface area contributed by atoms with Gasteiger partial charge in [-0.25, -0.2) is 4.98 Å². The number of thiocarbonyl (C=S) groups is 1. The average Bonchev–Trinajstić information content (AvgIpc) is 3.32. The number of aliphatic hydroxyl groups excluding tert-OH is 1. The lowest BCUT2D eigenvalue weighted by Gasteiger charge is -2.28. The number of hydrogen-bond donors (Lipinski definition) is 2. The minimum absolute atomic E-state index is 0.0820. The van der Waals surface area contributed by atoms with Gasteiger partial charge in [-0.1, -0.05) is 17.7 Å². The van der Waals surface area contributed by atoms with Gasteiger partial charge in [0.15, 0.2) is 5.11 Å². The maximum atomic E-state index is 9.34. The fourth-order valence-corrected chi connectivity index (χ4v) is 4.01. The Bertz CT molecular complexity index is 947. The number of nitrogens with zero attached hydrogens (tertiary/aromatic N) is 4. The topological polar surface area (TPSA) is 66.2 Å². The summed E-state index contributed by atoms with van der Waals surface area (Å²) in [6.07, 6.45) is 6.03. The van der Waals surface area contributed by atoms with E-state index in [4.69, 9.17) is 23.8 Å². The van der Waals surface area contributed by atoms with Crippen LogP contribution in [0.4, 0.5) is 0 Å². The van der Waals surface area contributed by atoms with Crippen LogP contribution in [0, 0.1) is 0 Å². The molecule has 0 aliphatic carbocycles. The van der Waals surface area contributed by atoms with E-state index in [2.05, 4.69) is 26.3 Å². The first kappa shape index (κ1) is 18.9. The van der Waals surface area contributed by atoms with E-state index in [0.717, 1.165) is 17.2 Å². The Hall–Kier alpha value is -2.48. The van der Waals surface area contributed by atoms with Crippen molar-refractivity contribution in [2.24, 2.45) is 0 Å². The molecule has 1 saturated heterocycles. The van der Waals surface area contributed by atoms with Gasteiger partial charge < -0.3 is 19.9 Å². The van der Waals surface area contributed by atoms with Crippen molar-refractivity contribution in [3.63, 3.8) is 0 Å². The minimum Gasteiger partial charge on any atom is -0.396 e. The molecular weight excluding hydrogens is 394 g/mol. The first-order valence-corrected chi connectivity index (χ1v) is 9.86. The van der Waals surface area contributed by atoms with Gasteiger partial charge in [0.05, 0.1) is 22.8 Å². The Balaban J connectivity index is 1.78. The molecule has 0 saturated carbocycles. The summed E-state index contributed by atoms with van der Waals surface area (Å²) in [7, 11) is 0. The Morgan fingerprint density at radius 1 is 1.14 bits per heavy atom. The maximum absolute atomic E-state index is 9.34. The largest absolute Gasteiger partial charge is 0.396 e. The lowest BCUT2D eigenvalue weighted by atomic mass is 10.0. The molecule has 3 aromatic heterocycles. The number of aromatic nitrogens is 3. The van der Waals surface area contributed by atoms with E-state index in [9.17, 15) is 5.11 Å². The molecule has 0 aromatic carbocycles. The Morgan fingerprint density at radius 2 is 2.04 bits per heavy atom. The van der Waals surface area contributed by atoms with Gasteiger partial charge in [0.25, 0.3) is 0 Å². The summed E-state index contributed by atoms with van der Waals surface area (Å²) in [5, 5.41) is 14.0. The lowest BCUT2D eigenvalue weighted by molar-refractivity contribution is 0.244. The molecule has 4 rings (SSSR count). The Kier molecular flexibility index (Phi) is 5.57. The van der Waals surface area contributed by atoms with Crippen molar-refractivity contribution in [1.29, 1.82) is 0 Å². The van der Waals surface area contributed by atoms with E-state index in [1.807, 2.05) is 47.2 Å². The first-order valence-electron chi connectivity index (χ1n) is 9.07. The van der Waals surface area contributed by atoms with Crippen LogP contribution in [-0.2, 0) is 0 Å². The molecule has 2 atom stereocenters. The van der Waals surface area contributed by atoms with E-state index >= 15 is 0 Å². The van der Waals surface area contributed by atoms with E-state index in [-0.39, 0.29) is 18.7 Å². The molecular formula is C20H20ClN5OS. The van der Waals surface area contributed by atoms with Crippen LogP contribution in [0.3, 0.4) is 0 Å². The third-order valence-corrected chi connectivity index (χ3v) is 5.37. The number of nitrogens with one attached hydrogen (secondary N) is 1. The molecule has 1 aliphatic rings. The van der Waals surface area contributed by atoms with Crippen LogP contribution < -0.4 is 5.32 Å². The van der Waals surface area contributed by atoms with Gasteiger partial charge in [-0.3, -0.25) is 4.98 Å². The third kappa shape index (κ3) is 3.61. The van der Waals surface area contributed by atoms with Gasteiger partial charge in [-0.2, -0.15) is 0 Å². The highest BCUT2D eigenvalue weighted by atomic mass is 35.5. The second-order valence-electron chi connectivity index (χ2n) is 6.53. The molecule has 1 aliphatic heterocycles. The average molecular weight is 414 g/mol. The minimum atomic E-state index is -0.103. The molecule has 1 fully saturated rings. The second-order valence-corrected chi connectivity index (χ2v) is 7.36. The molecule has 3 aromatic rings. The van der Waals surface area contributed by atoms with Crippen molar-refractivity contribution in [2.45, 2.75) is 18.5 Å². The molecule has 28 heavy (non-hydrogen) atoms. The van der Waals surface area contributed by atoms with Gasteiger partial charge in [0.2, 0.25) is 0 Å². The number of aliphatic hydroxyl groups is 1. The van der Waals surface area contributed by atoms with Crippen molar-refractivity contribution in [1.82, 2.24) is 24.8 Å². The zero-order chi connectivity index (χ0) is 19.5. The van der Waals surface area contributed by atoms with E-state index in [0.29, 0.717) is 23.1 Å². The Labute approximate surface area is 173 Å². The molecule has 8 heteroatoms. The van der Waals surface area contributed by atoms with Crippen LogP contribution in [0.15, 0.2) is 61.1 Å². The second kappa shape index (κ2) is 8.26. The summed E-state index contributed by atoms with van der Waals surface area (Å²) < 4.78 is 2.04. The summed E-state index contributed by atoms with van der Waals surface area (Å²) in [6.45, 7) is 0.759. The molecule has 0 radical (unpaired) electrons. The molecule has 0 spiro atoms. The van der Waals surface area contributed by atoms with Crippen molar-refractivity contribution >= 4 is 28.9 Å². The summed E-state index contributed by atoms with van der Waals surface area (Å²) in [5.74, 6) is 0.782. The van der Waals surface area contributed by atoms with Crippen LogP contribution in [0.2, 0.25) is 5.02 Å². The van der Waals surface area contributed by atoms with Crippen LogP contribution in [-0.4, -0.2) is 42.8 Å². The third-order valence-electron chi connectivity index (χ3n) is 4.80. The number of hydrogen-bond acceptors (Lipinski definition) is 4. The van der Waals surface area contributed by atoms with Gasteiger partial charge in [-0.15, -0.1) is 0 Å². The van der Waals surface area contributed by atoms with Crippen molar-refractivity contribution in [2.75, 3.05) is 13.2 Å². The quantitative estimate of drug-likeness (QED) is 0.604. The molecule has 0 amide bonds. The van der Waals surface area contributed by atoms with E-state index < -0.39 is 0 Å². The van der Waals surface area contributed by atoms with Crippen molar-refractivity contribution < 1.29 is 5.11 Å². The smallest absolute Gasteiger partial charge is 0.170 e. The summed E-state index contributed by atoms with van der Waals surface area (Å²) in [5.41, 5.74) is 1.95. The van der Waals surface area contributed by atoms with Crippen LogP contribution in [0.1, 0.15) is 29.9 Å². The predicted octanol–water partition coefficient (Wildman–Crippen LogP) is 3.28. The highest BCUT2D eigenvalue weighted by molar-refractivity contribution is 7.80.